The van der Waals surface area contributed by atoms with Crippen molar-refractivity contribution in [1.82, 2.24) is 15.1 Å². The lowest BCUT2D eigenvalue weighted by atomic mass is 10.0. The van der Waals surface area contributed by atoms with Crippen LogP contribution in [-0.4, -0.2) is 55.6 Å². The van der Waals surface area contributed by atoms with Crippen molar-refractivity contribution in [3.8, 4) is 0 Å². The van der Waals surface area contributed by atoms with Gasteiger partial charge in [0.05, 0.1) is 6.04 Å². The fraction of sp³-hybridized carbons (Fsp3) is 0.625. The maximum atomic E-state index is 14.4. The number of likely N-dealkylation sites (N-methyl/N-ethyl adjacent to an activating group) is 1. The van der Waals surface area contributed by atoms with Crippen LogP contribution >= 0.6 is 11.6 Å². The normalized spacial score (nSPS) is 18.1. The Hall–Kier alpha value is -0.680. The van der Waals surface area contributed by atoms with Crippen LogP contribution in [0, 0.1) is 5.82 Å². The molecule has 0 aliphatic carbocycles. The molecule has 1 aliphatic heterocycles. The summed E-state index contributed by atoms with van der Waals surface area (Å²) in [4.78, 5) is 4.68. The third kappa shape index (κ3) is 4.16. The van der Waals surface area contributed by atoms with Gasteiger partial charge >= 0.3 is 0 Å². The maximum Gasteiger partial charge on any atom is 0.129 e. The molecule has 0 radical (unpaired) electrons. The zero-order valence-corrected chi connectivity index (χ0v) is 13.7. The van der Waals surface area contributed by atoms with Crippen molar-refractivity contribution in [1.29, 1.82) is 0 Å². The quantitative estimate of drug-likeness (QED) is 0.871. The van der Waals surface area contributed by atoms with E-state index in [1.54, 1.807) is 12.1 Å². The van der Waals surface area contributed by atoms with Crippen molar-refractivity contribution in [3.63, 3.8) is 0 Å². The summed E-state index contributed by atoms with van der Waals surface area (Å²) in [5.74, 6) is -0.196. The molecule has 1 saturated heterocycles. The van der Waals surface area contributed by atoms with Gasteiger partial charge in [-0.3, -0.25) is 4.90 Å². The van der Waals surface area contributed by atoms with E-state index < -0.39 is 0 Å². The Morgan fingerprint density at radius 3 is 2.52 bits per heavy atom. The molecule has 1 N–H and O–H groups in total. The van der Waals surface area contributed by atoms with Crippen LogP contribution < -0.4 is 5.32 Å². The van der Waals surface area contributed by atoms with E-state index in [-0.39, 0.29) is 11.9 Å². The van der Waals surface area contributed by atoms with E-state index >= 15 is 0 Å². The number of nitrogens with one attached hydrogen (secondary N) is 1. The van der Waals surface area contributed by atoms with Gasteiger partial charge in [-0.25, -0.2) is 4.39 Å². The van der Waals surface area contributed by atoms with E-state index in [0.29, 0.717) is 10.6 Å². The predicted octanol–water partition coefficient (Wildman–Crippen LogP) is 2.77. The fourth-order valence-corrected chi connectivity index (χ4v) is 3.23. The van der Waals surface area contributed by atoms with Gasteiger partial charge in [0.25, 0.3) is 0 Å². The highest BCUT2D eigenvalue weighted by Gasteiger charge is 2.27. The Balaban J connectivity index is 2.29. The van der Waals surface area contributed by atoms with Gasteiger partial charge in [0, 0.05) is 43.3 Å². The molecular weight excluding hydrogens is 289 g/mol. The van der Waals surface area contributed by atoms with Crippen LogP contribution in [0.3, 0.4) is 0 Å². The lowest BCUT2D eigenvalue weighted by molar-refractivity contribution is 0.127. The average molecular weight is 314 g/mol. The Morgan fingerprint density at radius 1 is 1.29 bits per heavy atom. The summed E-state index contributed by atoms with van der Waals surface area (Å²) in [6.45, 7) is 10.8. The zero-order chi connectivity index (χ0) is 15.2. The van der Waals surface area contributed by atoms with Gasteiger partial charge < -0.3 is 10.2 Å². The fourth-order valence-electron chi connectivity index (χ4n) is 2.94. The number of hydrogen-bond donors (Lipinski definition) is 1. The number of hydrogen-bond acceptors (Lipinski definition) is 3. The highest BCUT2D eigenvalue weighted by Crippen LogP contribution is 2.31. The molecule has 0 bridgehead atoms. The molecule has 1 aliphatic rings. The van der Waals surface area contributed by atoms with E-state index in [1.165, 1.54) is 6.07 Å². The molecule has 1 aromatic carbocycles. The Bertz CT molecular complexity index is 425. The molecule has 0 amide bonds. The summed E-state index contributed by atoms with van der Waals surface area (Å²) in [7, 11) is 0. The van der Waals surface area contributed by atoms with Gasteiger partial charge in [0.1, 0.15) is 5.82 Å². The van der Waals surface area contributed by atoms with E-state index in [0.717, 1.165) is 45.8 Å². The first-order valence-corrected chi connectivity index (χ1v) is 8.16. The van der Waals surface area contributed by atoms with Gasteiger partial charge in [-0.1, -0.05) is 31.5 Å². The number of halogens is 2. The topological polar surface area (TPSA) is 18.5 Å². The minimum absolute atomic E-state index is 0.0145. The molecule has 118 valence electrons. The molecular formula is C16H25ClFN3. The smallest absolute Gasteiger partial charge is 0.129 e. The van der Waals surface area contributed by atoms with Crippen molar-refractivity contribution >= 4 is 11.6 Å². The molecule has 21 heavy (non-hydrogen) atoms. The third-order valence-corrected chi connectivity index (χ3v) is 4.58. The molecule has 0 aromatic heterocycles. The number of piperazine rings is 1. The zero-order valence-electron chi connectivity index (χ0n) is 12.9. The maximum absolute atomic E-state index is 14.4. The van der Waals surface area contributed by atoms with Crippen molar-refractivity contribution in [3.05, 3.63) is 34.6 Å². The van der Waals surface area contributed by atoms with Crippen molar-refractivity contribution in [2.75, 3.05) is 45.8 Å². The Morgan fingerprint density at radius 2 is 1.95 bits per heavy atom. The van der Waals surface area contributed by atoms with E-state index in [1.807, 2.05) is 0 Å². The van der Waals surface area contributed by atoms with E-state index in [2.05, 4.69) is 29.0 Å². The minimum atomic E-state index is -0.196. The van der Waals surface area contributed by atoms with Crippen molar-refractivity contribution in [2.45, 2.75) is 19.9 Å². The second kappa shape index (κ2) is 8.08. The first kappa shape index (κ1) is 16.7. The van der Waals surface area contributed by atoms with Crippen LogP contribution in [0.5, 0.6) is 0 Å². The lowest BCUT2D eigenvalue weighted by Gasteiger charge is -2.38. The summed E-state index contributed by atoms with van der Waals surface area (Å²) in [5, 5.41) is 3.88. The largest absolute Gasteiger partial charge is 0.314 e. The van der Waals surface area contributed by atoms with E-state index in [4.69, 9.17) is 11.6 Å². The van der Waals surface area contributed by atoms with Crippen LogP contribution in [0.2, 0.25) is 5.02 Å². The van der Waals surface area contributed by atoms with Crippen LogP contribution in [0.15, 0.2) is 18.2 Å². The number of rotatable bonds is 6. The van der Waals surface area contributed by atoms with E-state index in [9.17, 15) is 4.39 Å². The summed E-state index contributed by atoms with van der Waals surface area (Å²) in [6.07, 6.45) is 0. The van der Waals surface area contributed by atoms with Gasteiger partial charge in [0.15, 0.2) is 0 Å². The standard InChI is InChI=1S/C16H25ClFN3/c1-3-20(4-2)12-15(21-10-8-19-9-11-21)16-13(17)6-5-7-14(16)18/h5-7,15,19H,3-4,8-12H2,1-2H3. The van der Waals surface area contributed by atoms with Crippen LogP contribution in [0.25, 0.3) is 0 Å². The first-order chi connectivity index (χ1) is 10.2. The average Bonchev–Trinajstić information content (AvgIpc) is 2.51. The predicted molar refractivity (Wildman–Crippen MR) is 86.4 cm³/mol. The summed E-state index contributed by atoms with van der Waals surface area (Å²) in [6, 6.07) is 4.99. The minimum Gasteiger partial charge on any atom is -0.314 e. The lowest BCUT2D eigenvalue weighted by Crippen LogP contribution is -2.48. The second-order valence-corrected chi connectivity index (χ2v) is 5.83. The summed E-state index contributed by atoms with van der Waals surface area (Å²) >= 11 is 6.31. The second-order valence-electron chi connectivity index (χ2n) is 5.42. The monoisotopic (exact) mass is 313 g/mol. The molecule has 0 saturated carbocycles. The molecule has 2 rings (SSSR count). The molecule has 3 nitrogen and oxygen atoms in total. The summed E-state index contributed by atoms with van der Waals surface area (Å²) < 4.78 is 14.4. The van der Waals surface area contributed by atoms with Gasteiger partial charge in [-0.15, -0.1) is 0 Å². The van der Waals surface area contributed by atoms with Crippen molar-refractivity contribution in [2.24, 2.45) is 0 Å². The van der Waals surface area contributed by atoms with Crippen LogP contribution in [0.4, 0.5) is 4.39 Å². The van der Waals surface area contributed by atoms with Crippen LogP contribution in [0.1, 0.15) is 25.5 Å². The molecule has 1 atom stereocenters. The first-order valence-electron chi connectivity index (χ1n) is 7.78. The third-order valence-electron chi connectivity index (χ3n) is 4.25. The van der Waals surface area contributed by atoms with Gasteiger partial charge in [-0.05, 0) is 25.2 Å². The molecule has 1 aromatic rings. The van der Waals surface area contributed by atoms with Gasteiger partial charge in [-0.2, -0.15) is 0 Å². The molecule has 1 fully saturated rings. The summed E-state index contributed by atoms with van der Waals surface area (Å²) in [5.41, 5.74) is 0.646. The van der Waals surface area contributed by atoms with Crippen LogP contribution in [-0.2, 0) is 0 Å². The Kier molecular flexibility index (Phi) is 6.42. The molecule has 0 spiro atoms. The highest BCUT2D eigenvalue weighted by molar-refractivity contribution is 6.31. The number of benzene rings is 1. The van der Waals surface area contributed by atoms with Crippen molar-refractivity contribution < 1.29 is 4.39 Å². The van der Waals surface area contributed by atoms with Gasteiger partial charge in [0.2, 0.25) is 0 Å². The molecule has 1 unspecified atom stereocenters. The molecule has 1 heterocycles. The Labute approximate surface area is 132 Å². The SMILES string of the molecule is CCN(CC)CC(c1c(F)cccc1Cl)N1CCNCC1. The highest BCUT2D eigenvalue weighted by atomic mass is 35.5. The number of nitrogens with zero attached hydrogens (tertiary/aromatic N) is 2. The molecule has 5 heteroatoms.